The summed E-state index contributed by atoms with van der Waals surface area (Å²) in [4.78, 5) is 41.7. The van der Waals surface area contributed by atoms with Crippen LogP contribution in [-0.4, -0.2) is 33.9 Å². The first-order chi connectivity index (χ1) is 16.7. The van der Waals surface area contributed by atoms with Crippen LogP contribution in [0.5, 0.6) is 0 Å². The summed E-state index contributed by atoms with van der Waals surface area (Å²) in [5.74, 6) is -1.49. The Bertz CT molecular complexity index is 1360. The van der Waals surface area contributed by atoms with E-state index < -0.39 is 17.3 Å². The number of hydrogen-bond acceptors (Lipinski definition) is 3. The van der Waals surface area contributed by atoms with Crippen LogP contribution in [0.1, 0.15) is 55.6 Å². The van der Waals surface area contributed by atoms with Gasteiger partial charge in [-0.05, 0) is 56.5 Å². The maximum absolute atomic E-state index is 14.3. The number of para-hydroxylation sites is 1. The molecule has 3 amide bonds. The molecule has 7 nitrogen and oxygen atoms in total. The van der Waals surface area contributed by atoms with Gasteiger partial charge in [-0.1, -0.05) is 31.0 Å². The van der Waals surface area contributed by atoms with Gasteiger partial charge < -0.3 is 15.2 Å². The molecule has 3 aromatic rings. The van der Waals surface area contributed by atoms with Gasteiger partial charge in [-0.2, -0.15) is 0 Å². The number of carbonyl (C=O) groups excluding carboxylic acids is 3. The van der Waals surface area contributed by atoms with Crippen molar-refractivity contribution in [2.45, 2.75) is 64.6 Å². The summed E-state index contributed by atoms with van der Waals surface area (Å²) in [5.41, 5.74) is 1.30. The molecule has 1 unspecified atom stereocenters. The predicted octanol–water partition coefficient (Wildman–Crippen LogP) is 4.53. The highest BCUT2D eigenvalue weighted by Gasteiger charge is 2.50. The van der Waals surface area contributed by atoms with Crippen LogP contribution in [0.4, 0.5) is 15.8 Å². The molecule has 2 aliphatic rings. The number of aromatic nitrogens is 1. The molecule has 2 aromatic carbocycles. The zero-order valence-corrected chi connectivity index (χ0v) is 20.2. The normalized spacial score (nSPS) is 20.2. The lowest BCUT2D eigenvalue weighted by Crippen LogP contribution is -2.65. The maximum atomic E-state index is 14.3. The van der Waals surface area contributed by atoms with Crippen molar-refractivity contribution in [2.75, 3.05) is 10.2 Å². The third-order valence-corrected chi connectivity index (χ3v) is 7.23. The third kappa shape index (κ3) is 3.77. The van der Waals surface area contributed by atoms with Gasteiger partial charge in [0.25, 0.3) is 5.91 Å². The molecule has 182 valence electrons. The average Bonchev–Trinajstić information content (AvgIpc) is 3.41. The van der Waals surface area contributed by atoms with Crippen molar-refractivity contribution in [3.05, 3.63) is 59.5 Å². The van der Waals surface area contributed by atoms with E-state index in [0.29, 0.717) is 16.6 Å². The van der Waals surface area contributed by atoms with Crippen LogP contribution in [-0.2, 0) is 16.1 Å². The lowest BCUT2D eigenvalue weighted by molar-refractivity contribution is -0.127. The monoisotopic (exact) mass is 476 g/mol. The first kappa shape index (κ1) is 23.1. The van der Waals surface area contributed by atoms with E-state index in [1.165, 1.54) is 19.1 Å². The first-order valence-electron chi connectivity index (χ1n) is 12.0. The highest BCUT2D eigenvalue weighted by Crippen LogP contribution is 2.42. The van der Waals surface area contributed by atoms with Crippen molar-refractivity contribution in [1.82, 2.24) is 9.88 Å². The lowest BCUT2D eigenvalue weighted by atomic mass is 9.92. The van der Waals surface area contributed by atoms with Crippen LogP contribution in [0.3, 0.4) is 0 Å². The molecule has 1 atom stereocenters. The molecule has 8 heteroatoms. The highest BCUT2D eigenvalue weighted by molar-refractivity contribution is 6.20. The topological polar surface area (TPSA) is 83.4 Å². The second kappa shape index (κ2) is 8.52. The number of carbonyl (C=O) groups is 3. The molecule has 5 rings (SSSR count). The number of nitrogens with zero attached hydrogens (tertiary/aromatic N) is 2. The van der Waals surface area contributed by atoms with Gasteiger partial charge in [0.1, 0.15) is 17.1 Å². The number of hydrogen-bond donors (Lipinski definition) is 2. The van der Waals surface area contributed by atoms with Gasteiger partial charge in [0.15, 0.2) is 0 Å². The summed E-state index contributed by atoms with van der Waals surface area (Å²) in [6.07, 6.45) is 3.98. The van der Waals surface area contributed by atoms with Crippen molar-refractivity contribution < 1.29 is 18.8 Å². The van der Waals surface area contributed by atoms with Crippen LogP contribution in [0, 0.1) is 12.7 Å². The van der Waals surface area contributed by atoms with Crippen LogP contribution >= 0.6 is 0 Å². The standard InChI is InChI=1S/C27H29FN4O3/c1-16-8-4-7-11-21(16)32-25(34)24-23(29-17(2)33)20-14-18(28)12-13-22(20)31(24)15-27(32,3)26(35)30-19-9-5-6-10-19/h4,7-8,11-14,19H,5-6,9-10,15H2,1-3H3,(H,29,33)(H,30,35). The van der Waals surface area contributed by atoms with Crippen LogP contribution < -0.4 is 15.5 Å². The van der Waals surface area contributed by atoms with Crippen molar-refractivity contribution in [2.24, 2.45) is 0 Å². The average molecular weight is 477 g/mol. The van der Waals surface area contributed by atoms with E-state index in [0.717, 1.165) is 31.2 Å². The minimum atomic E-state index is -1.24. The number of benzene rings is 2. The van der Waals surface area contributed by atoms with E-state index in [1.807, 2.05) is 31.2 Å². The molecule has 0 spiro atoms. The molecule has 0 bridgehead atoms. The van der Waals surface area contributed by atoms with E-state index in [1.54, 1.807) is 22.5 Å². The fourth-order valence-corrected chi connectivity index (χ4v) is 5.50. The number of aryl methyl sites for hydroxylation is 1. The second-order valence-electron chi connectivity index (χ2n) is 9.81. The largest absolute Gasteiger partial charge is 0.351 e. The Labute approximate surface area is 203 Å². The van der Waals surface area contributed by atoms with E-state index in [9.17, 15) is 18.8 Å². The Morgan fingerprint density at radius 1 is 1.11 bits per heavy atom. The Hall–Kier alpha value is -3.68. The van der Waals surface area contributed by atoms with Crippen molar-refractivity contribution in [3.63, 3.8) is 0 Å². The Morgan fingerprint density at radius 3 is 2.51 bits per heavy atom. The van der Waals surface area contributed by atoms with Gasteiger partial charge in [-0.25, -0.2) is 4.39 Å². The molecular formula is C27H29FN4O3. The van der Waals surface area contributed by atoms with Crippen molar-refractivity contribution in [1.29, 1.82) is 0 Å². The molecular weight excluding hydrogens is 447 g/mol. The quantitative estimate of drug-likeness (QED) is 0.581. The molecule has 1 aliphatic heterocycles. The summed E-state index contributed by atoms with van der Waals surface area (Å²) in [7, 11) is 0. The van der Waals surface area contributed by atoms with Gasteiger partial charge in [0.05, 0.1) is 17.7 Å². The van der Waals surface area contributed by atoms with Gasteiger partial charge >= 0.3 is 0 Å². The molecule has 0 radical (unpaired) electrons. The zero-order valence-electron chi connectivity index (χ0n) is 20.2. The third-order valence-electron chi connectivity index (χ3n) is 7.23. The predicted molar refractivity (Wildman–Crippen MR) is 133 cm³/mol. The summed E-state index contributed by atoms with van der Waals surface area (Å²) in [6.45, 7) is 5.17. The summed E-state index contributed by atoms with van der Waals surface area (Å²) in [5, 5.41) is 6.35. The zero-order chi connectivity index (χ0) is 24.9. The number of fused-ring (bicyclic) bond motifs is 3. The second-order valence-corrected chi connectivity index (χ2v) is 9.81. The number of amides is 3. The Balaban J connectivity index is 1.73. The number of halogens is 1. The van der Waals surface area contributed by atoms with Gasteiger partial charge in [-0.3, -0.25) is 19.3 Å². The Kier molecular flexibility index (Phi) is 5.62. The lowest BCUT2D eigenvalue weighted by Gasteiger charge is -2.45. The minimum Gasteiger partial charge on any atom is -0.351 e. The molecule has 2 N–H and O–H groups in total. The van der Waals surface area contributed by atoms with E-state index >= 15 is 0 Å². The SMILES string of the molecule is CC(=O)Nc1c2n(c3ccc(F)cc13)CC(C)(C(=O)NC1CCCC1)N(c1ccccc1C)C2=O. The highest BCUT2D eigenvalue weighted by atomic mass is 19.1. The summed E-state index contributed by atoms with van der Waals surface area (Å²) < 4.78 is 16.0. The molecule has 0 saturated heterocycles. The first-order valence-corrected chi connectivity index (χ1v) is 12.0. The van der Waals surface area contributed by atoms with Gasteiger partial charge in [0.2, 0.25) is 11.8 Å². The van der Waals surface area contributed by atoms with Gasteiger partial charge in [-0.15, -0.1) is 0 Å². The van der Waals surface area contributed by atoms with Crippen molar-refractivity contribution in [3.8, 4) is 0 Å². The smallest absolute Gasteiger partial charge is 0.278 e. The number of nitrogens with one attached hydrogen (secondary N) is 2. The molecule has 1 aromatic heterocycles. The fraction of sp³-hybridized carbons (Fsp3) is 0.370. The van der Waals surface area contributed by atoms with E-state index in [2.05, 4.69) is 10.6 Å². The van der Waals surface area contributed by atoms with Gasteiger partial charge in [0, 0.05) is 24.0 Å². The summed E-state index contributed by atoms with van der Waals surface area (Å²) >= 11 is 0. The van der Waals surface area contributed by atoms with E-state index in [4.69, 9.17) is 0 Å². The summed E-state index contributed by atoms with van der Waals surface area (Å²) in [6, 6.07) is 11.7. The fourth-order valence-electron chi connectivity index (χ4n) is 5.50. The van der Waals surface area contributed by atoms with E-state index in [-0.39, 0.29) is 35.8 Å². The molecule has 35 heavy (non-hydrogen) atoms. The molecule has 1 aliphatic carbocycles. The number of rotatable bonds is 4. The van der Waals surface area contributed by atoms with Crippen molar-refractivity contribution >= 4 is 40.0 Å². The Morgan fingerprint density at radius 2 is 1.83 bits per heavy atom. The van der Waals surface area contributed by atoms with Crippen LogP contribution in [0.2, 0.25) is 0 Å². The molecule has 1 saturated carbocycles. The minimum absolute atomic E-state index is 0.0833. The maximum Gasteiger partial charge on any atom is 0.278 e. The van der Waals surface area contributed by atoms with Crippen LogP contribution in [0.15, 0.2) is 42.5 Å². The molecule has 2 heterocycles. The number of anilines is 2. The molecule has 1 fully saturated rings. The van der Waals surface area contributed by atoms with Crippen LogP contribution in [0.25, 0.3) is 10.9 Å².